The third kappa shape index (κ3) is 2.35. The molecule has 1 aliphatic rings. The molecule has 1 fully saturated rings. The van der Waals surface area contributed by atoms with E-state index in [9.17, 15) is 28.6 Å². The SMILES string of the molecule is O=c1ccn([C@@H]2O[C@H](C(O)=C(F)F)[C@@H](O)[C@H]2O)c(=O)[nH]1. The molecule has 110 valence electrons. The van der Waals surface area contributed by atoms with Crippen molar-refractivity contribution < 1.29 is 28.8 Å². The van der Waals surface area contributed by atoms with Crippen molar-refractivity contribution in [3.05, 3.63) is 44.9 Å². The number of halogens is 2. The first kappa shape index (κ1) is 14.4. The Morgan fingerprint density at radius 1 is 1.30 bits per heavy atom. The van der Waals surface area contributed by atoms with Crippen LogP contribution in [0.4, 0.5) is 8.78 Å². The Labute approximate surface area is 109 Å². The Morgan fingerprint density at radius 2 is 1.95 bits per heavy atom. The molecule has 0 aliphatic carbocycles. The van der Waals surface area contributed by atoms with Gasteiger partial charge in [-0.3, -0.25) is 14.3 Å². The Hall–Kier alpha value is -2.04. The topological polar surface area (TPSA) is 125 Å². The van der Waals surface area contributed by atoms with Gasteiger partial charge < -0.3 is 20.1 Å². The Kier molecular flexibility index (Phi) is 3.70. The molecule has 4 N–H and O–H groups in total. The van der Waals surface area contributed by atoms with E-state index in [1.165, 1.54) is 0 Å². The first-order valence-electron chi connectivity index (χ1n) is 5.40. The largest absolute Gasteiger partial charge is 0.505 e. The maximum absolute atomic E-state index is 12.3. The fourth-order valence-corrected chi connectivity index (χ4v) is 1.85. The molecule has 0 unspecified atom stereocenters. The Balaban J connectivity index is 2.38. The number of ether oxygens (including phenoxy) is 1. The third-order valence-corrected chi connectivity index (χ3v) is 2.83. The lowest BCUT2D eigenvalue weighted by Crippen LogP contribution is -2.37. The summed E-state index contributed by atoms with van der Waals surface area (Å²) in [5.41, 5.74) is -1.66. The molecular weight excluding hydrogens is 282 g/mol. The molecule has 1 saturated heterocycles. The Morgan fingerprint density at radius 3 is 2.50 bits per heavy atom. The highest BCUT2D eigenvalue weighted by Crippen LogP contribution is 2.32. The van der Waals surface area contributed by atoms with Gasteiger partial charge in [0.15, 0.2) is 18.1 Å². The summed E-state index contributed by atoms with van der Waals surface area (Å²) in [6.07, 6.45) is -8.52. The zero-order valence-electron chi connectivity index (χ0n) is 9.73. The van der Waals surface area contributed by atoms with Gasteiger partial charge in [0.1, 0.15) is 12.2 Å². The van der Waals surface area contributed by atoms with Gasteiger partial charge in [-0.1, -0.05) is 0 Å². The minimum atomic E-state index is -2.48. The second-order valence-electron chi connectivity index (χ2n) is 4.09. The van der Waals surface area contributed by atoms with Crippen LogP contribution in [-0.2, 0) is 4.74 Å². The number of rotatable bonds is 2. The van der Waals surface area contributed by atoms with E-state index in [4.69, 9.17) is 9.84 Å². The van der Waals surface area contributed by atoms with Crippen molar-refractivity contribution in [3.8, 4) is 0 Å². The smallest absolute Gasteiger partial charge is 0.330 e. The lowest BCUT2D eigenvalue weighted by atomic mass is 10.1. The van der Waals surface area contributed by atoms with Crippen LogP contribution in [0, 0.1) is 0 Å². The molecule has 2 heterocycles. The molecule has 20 heavy (non-hydrogen) atoms. The van der Waals surface area contributed by atoms with Gasteiger partial charge in [0, 0.05) is 12.3 Å². The summed E-state index contributed by atoms with van der Waals surface area (Å²) in [4.78, 5) is 24.3. The van der Waals surface area contributed by atoms with Crippen molar-refractivity contribution in [2.24, 2.45) is 0 Å². The van der Waals surface area contributed by atoms with Gasteiger partial charge in [-0.25, -0.2) is 4.79 Å². The highest BCUT2D eigenvalue weighted by molar-refractivity contribution is 5.08. The number of aromatic nitrogens is 2. The van der Waals surface area contributed by atoms with Crippen molar-refractivity contribution in [2.45, 2.75) is 24.5 Å². The molecule has 4 atom stereocenters. The first-order valence-corrected chi connectivity index (χ1v) is 5.40. The fourth-order valence-electron chi connectivity index (χ4n) is 1.85. The van der Waals surface area contributed by atoms with Crippen LogP contribution in [0.5, 0.6) is 0 Å². The average Bonchev–Trinajstić information content (AvgIpc) is 2.66. The number of hydrogen-bond donors (Lipinski definition) is 4. The van der Waals surface area contributed by atoms with E-state index in [1.54, 1.807) is 0 Å². The minimum Gasteiger partial charge on any atom is -0.505 e. The zero-order chi connectivity index (χ0) is 15.0. The van der Waals surface area contributed by atoms with Gasteiger partial charge in [-0.2, -0.15) is 8.78 Å². The van der Waals surface area contributed by atoms with Crippen molar-refractivity contribution in [1.29, 1.82) is 0 Å². The molecule has 0 spiro atoms. The molecule has 0 radical (unpaired) electrons. The van der Waals surface area contributed by atoms with E-state index < -0.39 is 47.6 Å². The number of aliphatic hydroxyl groups excluding tert-OH is 3. The van der Waals surface area contributed by atoms with Crippen molar-refractivity contribution in [1.82, 2.24) is 9.55 Å². The van der Waals surface area contributed by atoms with Gasteiger partial charge >= 0.3 is 11.8 Å². The van der Waals surface area contributed by atoms with Gasteiger partial charge in [0.05, 0.1) is 0 Å². The van der Waals surface area contributed by atoms with Crippen LogP contribution in [0.3, 0.4) is 0 Å². The molecule has 10 heteroatoms. The number of aromatic amines is 1. The number of nitrogens with one attached hydrogen (secondary N) is 1. The van der Waals surface area contributed by atoms with Crippen LogP contribution < -0.4 is 11.2 Å². The normalized spacial score (nSPS) is 29.4. The first-order chi connectivity index (χ1) is 9.32. The van der Waals surface area contributed by atoms with Crippen LogP contribution in [0.15, 0.2) is 33.7 Å². The highest BCUT2D eigenvalue weighted by Gasteiger charge is 2.47. The van der Waals surface area contributed by atoms with Gasteiger partial charge in [-0.05, 0) is 0 Å². The van der Waals surface area contributed by atoms with Gasteiger partial charge in [0.2, 0.25) is 0 Å². The lowest BCUT2D eigenvalue weighted by molar-refractivity contribution is -0.0410. The standard InChI is InChI=1S/C10H10F2N2O6/c11-8(12)6(18)7-4(16)5(17)9(20-7)14-2-1-3(15)13-10(14)19/h1-2,4-5,7,9,16-18H,(H,13,15,19)/t4-,5+,7-,9+/m0/s1. The quantitative estimate of drug-likeness (QED) is 0.509. The predicted octanol–water partition coefficient (Wildman–Crippen LogP) is -1.18. The van der Waals surface area contributed by atoms with E-state index in [1.807, 2.05) is 4.98 Å². The third-order valence-electron chi connectivity index (χ3n) is 2.83. The number of H-pyrrole nitrogens is 1. The summed E-state index contributed by atoms with van der Waals surface area (Å²) in [5, 5.41) is 28.3. The van der Waals surface area contributed by atoms with Crippen molar-refractivity contribution in [3.63, 3.8) is 0 Å². The van der Waals surface area contributed by atoms with Gasteiger partial charge in [-0.15, -0.1) is 0 Å². The van der Waals surface area contributed by atoms with E-state index in [0.29, 0.717) is 4.57 Å². The van der Waals surface area contributed by atoms with Crippen LogP contribution >= 0.6 is 0 Å². The summed E-state index contributed by atoms with van der Waals surface area (Å²) in [7, 11) is 0. The highest BCUT2D eigenvalue weighted by atomic mass is 19.3. The molecule has 0 aromatic carbocycles. The zero-order valence-corrected chi connectivity index (χ0v) is 9.73. The van der Waals surface area contributed by atoms with Crippen molar-refractivity contribution in [2.75, 3.05) is 0 Å². The second-order valence-corrected chi connectivity index (χ2v) is 4.09. The van der Waals surface area contributed by atoms with E-state index in [-0.39, 0.29) is 0 Å². The average molecular weight is 292 g/mol. The summed E-state index contributed by atoms with van der Waals surface area (Å²) >= 11 is 0. The predicted molar refractivity (Wildman–Crippen MR) is 59.1 cm³/mol. The molecule has 0 bridgehead atoms. The summed E-state index contributed by atoms with van der Waals surface area (Å²) in [6, 6.07) is 0.947. The van der Waals surface area contributed by atoms with Crippen LogP contribution in [-0.4, -0.2) is 43.2 Å². The van der Waals surface area contributed by atoms with Crippen LogP contribution in [0.25, 0.3) is 0 Å². The molecular formula is C10H10F2N2O6. The van der Waals surface area contributed by atoms with E-state index in [2.05, 4.69) is 0 Å². The Bertz CT molecular complexity index is 650. The molecule has 1 aromatic heterocycles. The molecule has 0 amide bonds. The second kappa shape index (κ2) is 5.15. The van der Waals surface area contributed by atoms with Crippen LogP contribution in [0.1, 0.15) is 6.23 Å². The number of aliphatic hydroxyl groups is 3. The van der Waals surface area contributed by atoms with E-state index in [0.717, 1.165) is 12.3 Å². The fraction of sp³-hybridized carbons (Fsp3) is 0.400. The van der Waals surface area contributed by atoms with E-state index >= 15 is 0 Å². The molecule has 0 saturated carbocycles. The molecule has 1 aliphatic heterocycles. The lowest BCUT2D eigenvalue weighted by Gasteiger charge is -2.16. The summed E-state index contributed by atoms with van der Waals surface area (Å²) in [6.45, 7) is 0. The van der Waals surface area contributed by atoms with Crippen LogP contribution in [0.2, 0.25) is 0 Å². The van der Waals surface area contributed by atoms with Gasteiger partial charge in [0.25, 0.3) is 5.56 Å². The molecule has 1 aromatic rings. The summed E-state index contributed by atoms with van der Waals surface area (Å²) in [5.74, 6) is -1.53. The summed E-state index contributed by atoms with van der Waals surface area (Å²) < 4.78 is 30.1. The monoisotopic (exact) mass is 292 g/mol. The number of nitrogens with zero attached hydrogens (tertiary/aromatic N) is 1. The van der Waals surface area contributed by atoms with Crippen molar-refractivity contribution >= 4 is 0 Å². The molecule has 8 nitrogen and oxygen atoms in total. The number of hydrogen-bond acceptors (Lipinski definition) is 6. The maximum Gasteiger partial charge on any atom is 0.330 e. The maximum atomic E-state index is 12.3. The molecule has 2 rings (SSSR count). The minimum absolute atomic E-state index is 0.701.